The maximum Gasteiger partial charge on any atom is 0.222 e. The molecule has 1 aromatic carbocycles. The number of ether oxygens (including phenoxy) is 2. The first-order valence-electron chi connectivity index (χ1n) is 9.40. The second-order valence-electron chi connectivity index (χ2n) is 6.96. The summed E-state index contributed by atoms with van der Waals surface area (Å²) in [6.45, 7) is 6.83. The van der Waals surface area contributed by atoms with Crippen LogP contribution in [-0.4, -0.2) is 30.8 Å². The molecule has 0 aliphatic carbocycles. The Bertz CT molecular complexity index is 739. The van der Waals surface area contributed by atoms with Crippen molar-refractivity contribution in [1.29, 1.82) is 0 Å². The summed E-state index contributed by atoms with van der Waals surface area (Å²) in [6.07, 6.45) is 3.23. The van der Waals surface area contributed by atoms with Crippen molar-refractivity contribution in [2.75, 3.05) is 13.7 Å². The fourth-order valence-corrected chi connectivity index (χ4v) is 3.42. The van der Waals surface area contributed by atoms with Gasteiger partial charge < -0.3 is 14.0 Å². The van der Waals surface area contributed by atoms with Gasteiger partial charge in [0.05, 0.1) is 12.3 Å². The van der Waals surface area contributed by atoms with Crippen molar-refractivity contribution < 1.29 is 14.0 Å². The Morgan fingerprint density at radius 3 is 2.69 bits per heavy atom. The molecular weight excluding hydrogens is 328 g/mol. The molecule has 3 rings (SSSR count). The number of unbranched alkanes of at least 4 members (excludes halogenated alkanes) is 1. The molecule has 3 atom stereocenters. The van der Waals surface area contributed by atoms with Gasteiger partial charge in [-0.05, 0) is 18.9 Å². The number of hydrogen-bond acceptors (Lipinski definition) is 5. The van der Waals surface area contributed by atoms with Crippen LogP contribution in [0.2, 0.25) is 0 Å². The van der Waals surface area contributed by atoms with Crippen molar-refractivity contribution in [3.8, 4) is 0 Å². The molecule has 0 saturated heterocycles. The van der Waals surface area contributed by atoms with E-state index in [-0.39, 0.29) is 18.1 Å². The minimum Gasteiger partial charge on any atom is -0.467 e. The molecule has 1 aliphatic rings. The Labute approximate surface area is 155 Å². The van der Waals surface area contributed by atoms with Gasteiger partial charge in [0, 0.05) is 13.0 Å². The average molecular weight is 356 g/mol. The number of aromatic nitrogens is 1. The van der Waals surface area contributed by atoms with E-state index in [1.807, 2.05) is 25.1 Å². The highest BCUT2D eigenvalue weighted by atomic mass is 16.5. The van der Waals surface area contributed by atoms with E-state index in [4.69, 9.17) is 19.0 Å². The summed E-state index contributed by atoms with van der Waals surface area (Å²) < 4.78 is 17.3. The SMILES string of the molecule is CCCC[C@@H](C)c1onc(C)c1C1=N[C@@H](COC)[C@H](c2ccccc2)O1. The van der Waals surface area contributed by atoms with Crippen molar-refractivity contribution in [2.24, 2.45) is 4.99 Å². The maximum absolute atomic E-state index is 6.30. The van der Waals surface area contributed by atoms with Crippen LogP contribution in [0.3, 0.4) is 0 Å². The summed E-state index contributed by atoms with van der Waals surface area (Å²) in [5.74, 6) is 1.78. The van der Waals surface area contributed by atoms with Gasteiger partial charge in [-0.3, -0.25) is 0 Å². The smallest absolute Gasteiger partial charge is 0.222 e. The molecule has 1 aliphatic heterocycles. The van der Waals surface area contributed by atoms with Crippen LogP contribution in [-0.2, 0) is 9.47 Å². The molecule has 0 saturated carbocycles. The first kappa shape index (κ1) is 18.6. The molecule has 5 heteroatoms. The van der Waals surface area contributed by atoms with Crippen LogP contribution in [0.1, 0.15) is 67.7 Å². The summed E-state index contributed by atoms with van der Waals surface area (Å²) in [7, 11) is 1.69. The van der Waals surface area contributed by atoms with E-state index in [2.05, 4.69) is 31.1 Å². The second-order valence-corrected chi connectivity index (χ2v) is 6.96. The van der Waals surface area contributed by atoms with E-state index in [0.717, 1.165) is 41.8 Å². The van der Waals surface area contributed by atoms with Crippen LogP contribution < -0.4 is 0 Å². The van der Waals surface area contributed by atoms with Gasteiger partial charge in [0.1, 0.15) is 11.6 Å². The Morgan fingerprint density at radius 2 is 2.00 bits per heavy atom. The largest absolute Gasteiger partial charge is 0.467 e. The van der Waals surface area contributed by atoms with Gasteiger partial charge >= 0.3 is 0 Å². The molecule has 0 spiro atoms. The van der Waals surface area contributed by atoms with Crippen LogP contribution in [0, 0.1) is 6.92 Å². The zero-order valence-electron chi connectivity index (χ0n) is 16.1. The van der Waals surface area contributed by atoms with Crippen LogP contribution >= 0.6 is 0 Å². The van der Waals surface area contributed by atoms with Gasteiger partial charge in [0.2, 0.25) is 5.90 Å². The summed E-state index contributed by atoms with van der Waals surface area (Å²) in [5, 5.41) is 4.19. The Kier molecular flexibility index (Phi) is 6.09. The Hall–Kier alpha value is -2.14. The van der Waals surface area contributed by atoms with E-state index in [0.29, 0.717) is 12.5 Å². The molecule has 0 amide bonds. The van der Waals surface area contributed by atoms with E-state index in [9.17, 15) is 0 Å². The lowest BCUT2D eigenvalue weighted by Gasteiger charge is -2.17. The minimum absolute atomic E-state index is 0.0782. The number of aliphatic imine (C=N–C) groups is 1. The monoisotopic (exact) mass is 356 g/mol. The van der Waals surface area contributed by atoms with Crippen molar-refractivity contribution in [1.82, 2.24) is 5.16 Å². The zero-order chi connectivity index (χ0) is 18.5. The first-order valence-corrected chi connectivity index (χ1v) is 9.40. The minimum atomic E-state index is -0.153. The predicted molar refractivity (Wildman–Crippen MR) is 102 cm³/mol. The standard InChI is InChI=1S/C21H28N2O3/c1-5-6-10-14(2)19-18(15(3)23-26-19)21-22-17(13-24-4)20(25-21)16-11-8-7-9-12-16/h7-9,11-12,14,17,20H,5-6,10,13H2,1-4H3/t14-,17+,20+/m1/s1. The lowest BCUT2D eigenvalue weighted by molar-refractivity contribution is 0.120. The van der Waals surface area contributed by atoms with Gasteiger partial charge in [0.25, 0.3) is 0 Å². The van der Waals surface area contributed by atoms with Crippen LogP contribution in [0.25, 0.3) is 0 Å². The number of aryl methyl sites for hydroxylation is 1. The molecule has 0 radical (unpaired) electrons. The molecule has 2 heterocycles. The molecular formula is C21H28N2O3. The molecule has 0 fully saturated rings. The third-order valence-electron chi connectivity index (χ3n) is 4.88. The molecule has 0 bridgehead atoms. The maximum atomic E-state index is 6.30. The van der Waals surface area contributed by atoms with Crippen molar-refractivity contribution in [2.45, 2.75) is 58.1 Å². The average Bonchev–Trinajstić information content (AvgIpc) is 3.24. The molecule has 1 aromatic heterocycles. The number of rotatable bonds is 8. The molecule has 0 unspecified atom stereocenters. The van der Waals surface area contributed by atoms with Crippen LogP contribution in [0.15, 0.2) is 39.8 Å². The van der Waals surface area contributed by atoms with E-state index >= 15 is 0 Å². The number of benzene rings is 1. The number of nitrogens with zero attached hydrogens (tertiary/aromatic N) is 2. The van der Waals surface area contributed by atoms with E-state index in [1.165, 1.54) is 0 Å². The molecule has 0 N–H and O–H groups in total. The fourth-order valence-electron chi connectivity index (χ4n) is 3.42. The third-order valence-corrected chi connectivity index (χ3v) is 4.88. The highest BCUT2D eigenvalue weighted by Gasteiger charge is 2.36. The lowest BCUT2D eigenvalue weighted by Crippen LogP contribution is -2.19. The van der Waals surface area contributed by atoms with Gasteiger partial charge in [0.15, 0.2) is 11.9 Å². The summed E-state index contributed by atoms with van der Waals surface area (Å²) >= 11 is 0. The van der Waals surface area contributed by atoms with Crippen molar-refractivity contribution >= 4 is 5.90 Å². The van der Waals surface area contributed by atoms with Crippen LogP contribution in [0.4, 0.5) is 0 Å². The van der Waals surface area contributed by atoms with Crippen molar-refractivity contribution in [3.05, 3.63) is 52.9 Å². The Morgan fingerprint density at radius 1 is 1.23 bits per heavy atom. The van der Waals surface area contributed by atoms with E-state index < -0.39 is 0 Å². The summed E-state index contributed by atoms with van der Waals surface area (Å²) in [4.78, 5) is 4.83. The third kappa shape index (κ3) is 3.83. The quantitative estimate of drug-likeness (QED) is 0.681. The Balaban J connectivity index is 1.90. The summed E-state index contributed by atoms with van der Waals surface area (Å²) in [5.41, 5.74) is 2.84. The highest BCUT2D eigenvalue weighted by molar-refractivity contribution is 5.97. The fraction of sp³-hybridized carbons (Fsp3) is 0.524. The number of methoxy groups -OCH3 is 1. The first-order chi connectivity index (χ1) is 12.7. The lowest BCUT2D eigenvalue weighted by atomic mass is 9.97. The van der Waals surface area contributed by atoms with Gasteiger partial charge in [-0.1, -0.05) is 62.2 Å². The van der Waals surface area contributed by atoms with E-state index in [1.54, 1.807) is 7.11 Å². The molecule has 5 nitrogen and oxygen atoms in total. The van der Waals surface area contributed by atoms with Crippen LogP contribution in [0.5, 0.6) is 0 Å². The molecule has 26 heavy (non-hydrogen) atoms. The molecule has 2 aromatic rings. The normalized spacial score (nSPS) is 20.7. The highest BCUT2D eigenvalue weighted by Crippen LogP contribution is 2.35. The molecule has 140 valence electrons. The predicted octanol–water partition coefficient (Wildman–Crippen LogP) is 4.81. The second kappa shape index (κ2) is 8.49. The summed E-state index contributed by atoms with van der Waals surface area (Å²) in [6, 6.07) is 10.1. The van der Waals surface area contributed by atoms with Gasteiger partial charge in [-0.2, -0.15) is 0 Å². The van der Waals surface area contributed by atoms with Gasteiger partial charge in [-0.25, -0.2) is 4.99 Å². The van der Waals surface area contributed by atoms with Gasteiger partial charge in [-0.15, -0.1) is 0 Å². The number of hydrogen-bond donors (Lipinski definition) is 0. The zero-order valence-corrected chi connectivity index (χ0v) is 16.1. The van der Waals surface area contributed by atoms with Crippen molar-refractivity contribution in [3.63, 3.8) is 0 Å². The topological polar surface area (TPSA) is 56.9 Å².